The summed E-state index contributed by atoms with van der Waals surface area (Å²) in [6.07, 6.45) is 7.71. The van der Waals surface area contributed by atoms with Crippen molar-refractivity contribution in [3.05, 3.63) is 30.1 Å². The van der Waals surface area contributed by atoms with Gasteiger partial charge in [-0.25, -0.2) is 0 Å². The van der Waals surface area contributed by atoms with Gasteiger partial charge in [0.15, 0.2) is 0 Å². The predicted octanol–water partition coefficient (Wildman–Crippen LogP) is 1.73. The van der Waals surface area contributed by atoms with E-state index in [9.17, 15) is 0 Å². The molecule has 0 saturated carbocycles. The second kappa shape index (κ2) is 5.97. The van der Waals surface area contributed by atoms with Crippen LogP contribution in [0, 0.1) is 0 Å². The van der Waals surface area contributed by atoms with Crippen LogP contribution in [0.2, 0.25) is 0 Å². The van der Waals surface area contributed by atoms with Crippen LogP contribution in [0.15, 0.2) is 24.5 Å². The van der Waals surface area contributed by atoms with Gasteiger partial charge in [-0.15, -0.1) is 0 Å². The molecule has 0 aromatic carbocycles. The maximum absolute atomic E-state index is 5.62. The lowest BCUT2D eigenvalue weighted by atomic mass is 10.2. The molecule has 0 amide bonds. The minimum Gasteiger partial charge on any atom is -0.377 e. The molecule has 2 heterocycles. The van der Waals surface area contributed by atoms with Gasteiger partial charge < -0.3 is 9.64 Å². The van der Waals surface area contributed by atoms with E-state index in [1.54, 1.807) is 0 Å². The number of pyridine rings is 1. The van der Waals surface area contributed by atoms with Crippen molar-refractivity contribution in [1.29, 1.82) is 0 Å². The van der Waals surface area contributed by atoms with Crippen LogP contribution in [-0.4, -0.2) is 42.7 Å². The maximum atomic E-state index is 5.62. The van der Waals surface area contributed by atoms with Crippen LogP contribution in [0.5, 0.6) is 0 Å². The molecular weight excluding hydrogens is 200 g/mol. The largest absolute Gasteiger partial charge is 0.377 e. The van der Waals surface area contributed by atoms with E-state index in [1.165, 1.54) is 18.4 Å². The number of aromatic nitrogens is 1. The molecule has 0 N–H and O–H groups in total. The van der Waals surface area contributed by atoms with Gasteiger partial charge in [0, 0.05) is 32.1 Å². The summed E-state index contributed by atoms with van der Waals surface area (Å²) in [7, 11) is 2.17. The summed E-state index contributed by atoms with van der Waals surface area (Å²) in [5.74, 6) is 0. The zero-order valence-electron chi connectivity index (χ0n) is 9.93. The van der Waals surface area contributed by atoms with Crippen molar-refractivity contribution < 1.29 is 4.74 Å². The van der Waals surface area contributed by atoms with Crippen LogP contribution >= 0.6 is 0 Å². The Balaban J connectivity index is 1.69. The molecule has 88 valence electrons. The minimum absolute atomic E-state index is 0.461. The van der Waals surface area contributed by atoms with Gasteiger partial charge in [-0.05, 0) is 44.0 Å². The van der Waals surface area contributed by atoms with Gasteiger partial charge in [-0.1, -0.05) is 0 Å². The summed E-state index contributed by atoms with van der Waals surface area (Å²) in [5, 5.41) is 0. The molecule has 1 aromatic heterocycles. The van der Waals surface area contributed by atoms with Gasteiger partial charge >= 0.3 is 0 Å². The van der Waals surface area contributed by atoms with Crippen LogP contribution in [0.3, 0.4) is 0 Å². The molecule has 3 nitrogen and oxygen atoms in total. The molecule has 0 radical (unpaired) electrons. The molecule has 0 bridgehead atoms. The SMILES string of the molecule is CN(CCc1ccncc1)CC1CCCO1. The van der Waals surface area contributed by atoms with E-state index in [2.05, 4.69) is 29.1 Å². The van der Waals surface area contributed by atoms with E-state index in [-0.39, 0.29) is 0 Å². The zero-order chi connectivity index (χ0) is 11.2. The molecule has 16 heavy (non-hydrogen) atoms. The number of ether oxygens (including phenoxy) is 1. The van der Waals surface area contributed by atoms with Crippen LogP contribution in [0.1, 0.15) is 18.4 Å². The first-order chi connectivity index (χ1) is 7.84. The van der Waals surface area contributed by atoms with Crippen LogP contribution in [0.25, 0.3) is 0 Å². The molecule has 1 fully saturated rings. The lowest BCUT2D eigenvalue weighted by molar-refractivity contribution is 0.0815. The topological polar surface area (TPSA) is 25.4 Å². The van der Waals surface area contributed by atoms with E-state index in [1.807, 2.05) is 12.4 Å². The van der Waals surface area contributed by atoms with Crippen molar-refractivity contribution in [1.82, 2.24) is 9.88 Å². The van der Waals surface area contributed by atoms with Crippen molar-refractivity contribution in [3.63, 3.8) is 0 Å². The Morgan fingerprint density at radius 2 is 2.25 bits per heavy atom. The van der Waals surface area contributed by atoms with E-state index in [4.69, 9.17) is 4.74 Å². The number of hydrogen-bond donors (Lipinski definition) is 0. The summed E-state index contributed by atoms with van der Waals surface area (Å²) < 4.78 is 5.62. The van der Waals surface area contributed by atoms with Gasteiger partial charge in [-0.3, -0.25) is 4.98 Å². The third-order valence-corrected chi connectivity index (χ3v) is 3.07. The van der Waals surface area contributed by atoms with Crippen molar-refractivity contribution in [2.75, 3.05) is 26.7 Å². The van der Waals surface area contributed by atoms with Crippen molar-refractivity contribution >= 4 is 0 Å². The van der Waals surface area contributed by atoms with Gasteiger partial charge in [0.05, 0.1) is 6.10 Å². The highest BCUT2D eigenvalue weighted by molar-refractivity contribution is 5.09. The van der Waals surface area contributed by atoms with Crippen molar-refractivity contribution in [2.45, 2.75) is 25.4 Å². The van der Waals surface area contributed by atoms with Crippen molar-refractivity contribution in [2.24, 2.45) is 0 Å². The first-order valence-electron chi connectivity index (χ1n) is 6.03. The number of likely N-dealkylation sites (N-methyl/N-ethyl adjacent to an activating group) is 1. The van der Waals surface area contributed by atoms with Gasteiger partial charge in [0.1, 0.15) is 0 Å². The number of rotatable bonds is 5. The highest BCUT2D eigenvalue weighted by Gasteiger charge is 2.16. The quantitative estimate of drug-likeness (QED) is 0.755. The summed E-state index contributed by atoms with van der Waals surface area (Å²) in [6, 6.07) is 4.17. The van der Waals surface area contributed by atoms with E-state index in [0.29, 0.717) is 6.10 Å². The van der Waals surface area contributed by atoms with E-state index < -0.39 is 0 Å². The van der Waals surface area contributed by atoms with Gasteiger partial charge in [0.2, 0.25) is 0 Å². The molecule has 0 aliphatic carbocycles. The molecule has 1 unspecified atom stereocenters. The fourth-order valence-electron chi connectivity index (χ4n) is 2.10. The Labute approximate surface area is 97.4 Å². The summed E-state index contributed by atoms with van der Waals surface area (Å²) in [4.78, 5) is 6.38. The lowest BCUT2D eigenvalue weighted by Gasteiger charge is -2.20. The summed E-state index contributed by atoms with van der Waals surface area (Å²) in [5.41, 5.74) is 1.36. The molecule has 1 atom stereocenters. The number of hydrogen-bond acceptors (Lipinski definition) is 3. The predicted molar refractivity (Wildman–Crippen MR) is 64.4 cm³/mol. The molecule has 1 aliphatic heterocycles. The maximum Gasteiger partial charge on any atom is 0.0702 e. The van der Waals surface area contributed by atoms with E-state index >= 15 is 0 Å². The molecule has 1 aliphatic rings. The third kappa shape index (κ3) is 3.58. The highest BCUT2D eigenvalue weighted by atomic mass is 16.5. The van der Waals surface area contributed by atoms with Gasteiger partial charge in [0.25, 0.3) is 0 Å². The van der Waals surface area contributed by atoms with Crippen molar-refractivity contribution in [3.8, 4) is 0 Å². The molecule has 1 aromatic rings. The Morgan fingerprint density at radius 1 is 1.44 bits per heavy atom. The second-order valence-corrected chi connectivity index (χ2v) is 4.50. The monoisotopic (exact) mass is 220 g/mol. The Hall–Kier alpha value is -0.930. The molecule has 3 heteroatoms. The Morgan fingerprint density at radius 3 is 2.94 bits per heavy atom. The fraction of sp³-hybridized carbons (Fsp3) is 0.615. The average molecular weight is 220 g/mol. The Bertz CT molecular complexity index is 296. The second-order valence-electron chi connectivity index (χ2n) is 4.50. The van der Waals surface area contributed by atoms with Crippen LogP contribution in [0.4, 0.5) is 0 Å². The molecule has 2 rings (SSSR count). The fourth-order valence-corrected chi connectivity index (χ4v) is 2.10. The lowest BCUT2D eigenvalue weighted by Crippen LogP contribution is -2.30. The molecule has 0 spiro atoms. The first-order valence-corrected chi connectivity index (χ1v) is 6.03. The highest BCUT2D eigenvalue weighted by Crippen LogP contribution is 2.12. The summed E-state index contributed by atoms with van der Waals surface area (Å²) >= 11 is 0. The minimum atomic E-state index is 0.461. The van der Waals surface area contributed by atoms with E-state index in [0.717, 1.165) is 26.1 Å². The zero-order valence-corrected chi connectivity index (χ0v) is 9.93. The Kier molecular flexibility index (Phi) is 4.31. The summed E-state index contributed by atoms with van der Waals surface area (Å²) in [6.45, 7) is 3.10. The molecule has 1 saturated heterocycles. The normalized spacial score (nSPS) is 20.5. The molecular formula is C13H20N2O. The first kappa shape index (κ1) is 11.6. The third-order valence-electron chi connectivity index (χ3n) is 3.07. The van der Waals surface area contributed by atoms with Crippen LogP contribution < -0.4 is 0 Å². The van der Waals surface area contributed by atoms with Gasteiger partial charge in [-0.2, -0.15) is 0 Å². The van der Waals surface area contributed by atoms with Crippen LogP contribution in [-0.2, 0) is 11.2 Å². The average Bonchev–Trinajstić information content (AvgIpc) is 2.81. The smallest absolute Gasteiger partial charge is 0.0702 e. The number of nitrogens with zero attached hydrogens (tertiary/aromatic N) is 2. The standard InChI is InChI=1S/C13H20N2O/c1-15(11-13-3-2-10-16-13)9-6-12-4-7-14-8-5-12/h4-5,7-8,13H,2-3,6,9-11H2,1H3.